The van der Waals surface area contributed by atoms with Gasteiger partial charge in [-0.2, -0.15) is 0 Å². The molecule has 4 N–H and O–H groups in total. The molecule has 8 aromatic rings. The molecule has 4 heteroatoms. The molecular formula is C49H40N4. The van der Waals surface area contributed by atoms with E-state index in [1.54, 1.807) is 0 Å². The Bertz CT molecular complexity index is 2220. The van der Waals surface area contributed by atoms with Crippen LogP contribution in [0.2, 0.25) is 0 Å². The van der Waals surface area contributed by atoms with Crippen LogP contribution in [0.5, 0.6) is 0 Å². The molecule has 256 valence electrons. The third kappa shape index (κ3) is 6.07. The predicted molar refractivity (Wildman–Crippen MR) is 223 cm³/mol. The molecule has 0 unspecified atom stereocenters. The highest BCUT2D eigenvalue weighted by Gasteiger charge is 2.50. The van der Waals surface area contributed by atoms with Gasteiger partial charge in [-0.1, -0.05) is 164 Å². The minimum Gasteiger partial charge on any atom is -0.397 e. The number of rotatable bonds is 10. The Hall–Kier alpha value is -7.04. The summed E-state index contributed by atoms with van der Waals surface area (Å²) in [4.78, 5) is 4.91. The minimum atomic E-state index is -1.14. The first-order valence-electron chi connectivity index (χ1n) is 17.9. The molecule has 4 nitrogen and oxygen atoms in total. The Balaban J connectivity index is 1.68. The predicted octanol–water partition coefficient (Wildman–Crippen LogP) is 12.1. The molecule has 0 amide bonds. The molecule has 0 spiro atoms. The Morgan fingerprint density at radius 2 is 0.642 bits per heavy atom. The van der Waals surface area contributed by atoms with Crippen LogP contribution < -0.4 is 21.3 Å². The Morgan fingerprint density at radius 1 is 0.340 bits per heavy atom. The second-order valence-electron chi connectivity index (χ2n) is 13.0. The molecular weight excluding hydrogens is 645 g/mol. The van der Waals surface area contributed by atoms with Crippen molar-refractivity contribution in [3.63, 3.8) is 0 Å². The third-order valence-electron chi connectivity index (χ3n) is 9.78. The highest BCUT2D eigenvalue weighted by Crippen LogP contribution is 2.56. The SMILES string of the molecule is Nc1cc(C(c2ccccc2)(N(c2ccccc2)c2ccccc2)N(c2ccccc2)c2ccccc2)c(-c2ccccc2)c(-c2ccccc2)c1N. The van der Waals surface area contributed by atoms with Gasteiger partial charge in [-0.25, -0.2) is 0 Å². The van der Waals surface area contributed by atoms with Crippen molar-refractivity contribution in [1.29, 1.82) is 0 Å². The van der Waals surface area contributed by atoms with Crippen molar-refractivity contribution in [2.24, 2.45) is 0 Å². The lowest BCUT2D eigenvalue weighted by atomic mass is 9.77. The maximum absolute atomic E-state index is 7.17. The summed E-state index contributed by atoms with van der Waals surface area (Å²) < 4.78 is 0. The average Bonchev–Trinajstić information content (AvgIpc) is 3.24. The van der Waals surface area contributed by atoms with Gasteiger partial charge in [0.1, 0.15) is 0 Å². The third-order valence-corrected chi connectivity index (χ3v) is 9.78. The smallest absolute Gasteiger partial charge is 0.175 e. The summed E-state index contributed by atoms with van der Waals surface area (Å²) in [5.74, 6) is 0. The molecule has 0 aliphatic rings. The van der Waals surface area contributed by atoms with Crippen LogP contribution in [0.15, 0.2) is 218 Å². The Labute approximate surface area is 311 Å². The van der Waals surface area contributed by atoms with Crippen molar-refractivity contribution in [2.45, 2.75) is 5.66 Å². The fourth-order valence-corrected chi connectivity index (χ4v) is 7.58. The first-order chi connectivity index (χ1) is 26.2. The molecule has 0 aromatic heterocycles. The van der Waals surface area contributed by atoms with Gasteiger partial charge in [-0.05, 0) is 71.3 Å². The second-order valence-corrected chi connectivity index (χ2v) is 13.0. The van der Waals surface area contributed by atoms with Crippen molar-refractivity contribution in [3.05, 3.63) is 230 Å². The zero-order chi connectivity index (χ0) is 36.0. The van der Waals surface area contributed by atoms with Crippen LogP contribution in [-0.2, 0) is 5.66 Å². The van der Waals surface area contributed by atoms with Gasteiger partial charge in [-0.15, -0.1) is 0 Å². The monoisotopic (exact) mass is 684 g/mol. The zero-order valence-corrected chi connectivity index (χ0v) is 29.3. The molecule has 53 heavy (non-hydrogen) atoms. The number of nitrogens with zero attached hydrogens (tertiary/aromatic N) is 2. The van der Waals surface area contributed by atoms with Gasteiger partial charge in [0.25, 0.3) is 0 Å². The number of nitrogens with two attached hydrogens (primary N) is 2. The van der Waals surface area contributed by atoms with Gasteiger partial charge >= 0.3 is 0 Å². The van der Waals surface area contributed by atoms with E-state index >= 15 is 0 Å². The largest absolute Gasteiger partial charge is 0.397 e. The van der Waals surface area contributed by atoms with Gasteiger partial charge in [0.05, 0.1) is 11.4 Å². The molecule has 0 fully saturated rings. The average molecular weight is 685 g/mol. The maximum Gasteiger partial charge on any atom is 0.175 e. The number of hydrogen-bond donors (Lipinski definition) is 2. The molecule has 0 heterocycles. The Morgan fingerprint density at radius 3 is 1.00 bits per heavy atom. The van der Waals surface area contributed by atoms with E-state index in [2.05, 4.69) is 222 Å². The minimum absolute atomic E-state index is 0.501. The van der Waals surface area contributed by atoms with Gasteiger partial charge < -0.3 is 21.3 Å². The molecule has 0 atom stereocenters. The number of para-hydroxylation sites is 4. The van der Waals surface area contributed by atoms with Gasteiger partial charge in [0.2, 0.25) is 0 Å². The molecule has 0 radical (unpaired) electrons. The molecule has 0 saturated heterocycles. The van der Waals surface area contributed by atoms with Crippen LogP contribution in [0.25, 0.3) is 22.3 Å². The van der Waals surface area contributed by atoms with Crippen molar-refractivity contribution in [1.82, 2.24) is 0 Å². The molecule has 8 aromatic carbocycles. The van der Waals surface area contributed by atoms with E-state index in [1.807, 2.05) is 6.07 Å². The summed E-state index contributed by atoms with van der Waals surface area (Å²) in [5, 5.41) is 0. The molecule has 0 saturated carbocycles. The van der Waals surface area contributed by atoms with E-state index in [4.69, 9.17) is 11.5 Å². The van der Waals surface area contributed by atoms with Crippen LogP contribution in [0.4, 0.5) is 34.1 Å². The Kier molecular flexibility index (Phi) is 9.17. The standard InChI is InChI=1S/C49H40N4/c50-45-36-44(46(37-22-8-1-9-23-37)47(48(45)51)38-24-10-2-11-25-38)49(39-26-12-3-13-27-39,52(40-28-14-4-15-29-40)41-30-16-5-17-31-41)53(42-32-18-6-19-33-42)43-34-20-7-21-35-43/h1-36H,50-51H2. The van der Waals surface area contributed by atoms with E-state index in [0.717, 1.165) is 56.1 Å². The van der Waals surface area contributed by atoms with Gasteiger partial charge in [-0.3, -0.25) is 0 Å². The summed E-state index contributed by atoms with van der Waals surface area (Å²) in [7, 11) is 0. The van der Waals surface area contributed by atoms with E-state index in [1.165, 1.54) is 0 Å². The van der Waals surface area contributed by atoms with Gasteiger partial charge in [0, 0.05) is 39.4 Å². The first-order valence-corrected chi connectivity index (χ1v) is 17.9. The van der Waals surface area contributed by atoms with Crippen LogP contribution in [-0.4, -0.2) is 0 Å². The molecule has 0 bridgehead atoms. The number of nitrogen functional groups attached to an aromatic ring is 2. The van der Waals surface area contributed by atoms with Gasteiger partial charge in [0.15, 0.2) is 5.66 Å². The summed E-state index contributed by atoms with van der Waals surface area (Å²) in [5.41, 5.74) is 24.1. The first kappa shape index (κ1) is 33.1. The van der Waals surface area contributed by atoms with Crippen LogP contribution in [0, 0.1) is 0 Å². The zero-order valence-electron chi connectivity index (χ0n) is 29.3. The topological polar surface area (TPSA) is 58.5 Å². The second kappa shape index (κ2) is 14.7. The molecule has 8 rings (SSSR count). The van der Waals surface area contributed by atoms with Crippen LogP contribution >= 0.6 is 0 Å². The maximum atomic E-state index is 7.17. The number of hydrogen-bond acceptors (Lipinski definition) is 4. The lowest BCUT2D eigenvalue weighted by Crippen LogP contribution is -2.56. The number of benzene rings is 8. The summed E-state index contributed by atoms with van der Waals surface area (Å²) in [6.45, 7) is 0. The quantitative estimate of drug-likeness (QED) is 0.111. The number of anilines is 6. The summed E-state index contributed by atoms with van der Waals surface area (Å²) >= 11 is 0. The van der Waals surface area contributed by atoms with Crippen molar-refractivity contribution in [3.8, 4) is 22.3 Å². The van der Waals surface area contributed by atoms with Crippen LogP contribution in [0.3, 0.4) is 0 Å². The highest BCUT2D eigenvalue weighted by atomic mass is 15.4. The summed E-state index contributed by atoms with van der Waals surface area (Å²) in [6.07, 6.45) is 0. The highest BCUT2D eigenvalue weighted by molar-refractivity contribution is 6.00. The van der Waals surface area contributed by atoms with Crippen molar-refractivity contribution >= 4 is 34.1 Å². The fraction of sp³-hybridized carbons (Fsp3) is 0.0204. The lowest BCUT2D eigenvalue weighted by molar-refractivity contribution is 0.533. The fourth-order valence-electron chi connectivity index (χ4n) is 7.58. The van der Waals surface area contributed by atoms with Crippen molar-refractivity contribution in [2.75, 3.05) is 21.3 Å². The van der Waals surface area contributed by atoms with Crippen LogP contribution in [0.1, 0.15) is 11.1 Å². The van der Waals surface area contributed by atoms with Crippen molar-refractivity contribution < 1.29 is 0 Å². The molecule has 0 aliphatic heterocycles. The normalized spacial score (nSPS) is 11.2. The summed E-state index contributed by atoms with van der Waals surface area (Å²) in [6, 6.07) is 76.3. The van der Waals surface area contributed by atoms with E-state index in [0.29, 0.717) is 11.4 Å². The molecule has 0 aliphatic carbocycles. The van der Waals surface area contributed by atoms with E-state index < -0.39 is 5.66 Å². The van der Waals surface area contributed by atoms with E-state index in [-0.39, 0.29) is 0 Å². The van der Waals surface area contributed by atoms with E-state index in [9.17, 15) is 0 Å². The lowest BCUT2D eigenvalue weighted by Gasteiger charge is -2.54.